The molecule has 24 heavy (non-hydrogen) atoms. The van der Waals surface area contributed by atoms with E-state index in [-0.39, 0.29) is 11.3 Å². The van der Waals surface area contributed by atoms with Gasteiger partial charge in [-0.25, -0.2) is 4.39 Å². The molecule has 120 valence electrons. The van der Waals surface area contributed by atoms with Crippen LogP contribution in [0.15, 0.2) is 42.5 Å². The van der Waals surface area contributed by atoms with Gasteiger partial charge in [-0.2, -0.15) is 5.26 Å². The molecule has 0 heterocycles. The van der Waals surface area contributed by atoms with Crippen molar-refractivity contribution in [3.05, 3.63) is 70.0 Å². The molecule has 0 aliphatic heterocycles. The number of hydrogen-bond donors (Lipinski definition) is 1. The summed E-state index contributed by atoms with van der Waals surface area (Å²) in [7, 11) is 1.18. The summed E-state index contributed by atoms with van der Waals surface area (Å²) in [6.07, 6.45) is 0. The zero-order valence-corrected chi connectivity index (χ0v) is 13.4. The van der Waals surface area contributed by atoms with Gasteiger partial charge in [0.05, 0.1) is 18.9 Å². The predicted octanol–water partition coefficient (Wildman–Crippen LogP) is 3.46. The van der Waals surface area contributed by atoms with Crippen LogP contribution in [-0.2, 0) is 14.9 Å². The minimum Gasteiger partial charge on any atom is -0.468 e. The molecule has 2 unspecified atom stereocenters. The lowest BCUT2D eigenvalue weighted by Crippen LogP contribution is -2.40. The number of nitrogens with one attached hydrogen (secondary N) is 1. The first kappa shape index (κ1) is 16.2. The highest BCUT2D eigenvalue weighted by molar-refractivity contribution is 6.31. The van der Waals surface area contributed by atoms with Gasteiger partial charge in [-0.15, -0.1) is 0 Å². The zero-order valence-electron chi connectivity index (χ0n) is 12.6. The van der Waals surface area contributed by atoms with Gasteiger partial charge in [0.2, 0.25) is 0 Å². The summed E-state index contributed by atoms with van der Waals surface area (Å²) < 4.78 is 19.3. The average molecular weight is 343 g/mol. The van der Waals surface area contributed by atoms with Crippen molar-refractivity contribution < 1.29 is 13.9 Å². The molecule has 3 rings (SSSR count). The Morgan fingerprint density at radius 1 is 1.33 bits per heavy atom. The van der Waals surface area contributed by atoms with E-state index in [1.165, 1.54) is 31.4 Å². The molecule has 1 aliphatic rings. The van der Waals surface area contributed by atoms with Crippen molar-refractivity contribution in [2.45, 2.75) is 5.41 Å². The van der Waals surface area contributed by atoms with Crippen molar-refractivity contribution in [3.8, 4) is 6.07 Å². The molecule has 0 aromatic heterocycles. The number of nitriles is 1. The van der Waals surface area contributed by atoms with E-state index < -0.39 is 23.1 Å². The molecule has 2 atom stereocenters. The molecule has 0 spiro atoms. The van der Waals surface area contributed by atoms with Gasteiger partial charge in [0.1, 0.15) is 17.2 Å². The zero-order chi connectivity index (χ0) is 17.5. The van der Waals surface area contributed by atoms with E-state index in [9.17, 15) is 14.4 Å². The second-order valence-electron chi connectivity index (χ2n) is 5.46. The first-order valence-electron chi connectivity index (χ1n) is 7.10. The molecule has 0 saturated carbocycles. The van der Waals surface area contributed by atoms with Gasteiger partial charge in [-0.05, 0) is 23.8 Å². The number of esters is 1. The van der Waals surface area contributed by atoms with Gasteiger partial charge in [-0.1, -0.05) is 35.9 Å². The maximum atomic E-state index is 14.5. The Morgan fingerprint density at radius 2 is 2.04 bits per heavy atom. The van der Waals surface area contributed by atoms with E-state index >= 15 is 0 Å². The quantitative estimate of drug-likeness (QED) is 0.849. The first-order chi connectivity index (χ1) is 11.5. The Morgan fingerprint density at radius 3 is 2.67 bits per heavy atom. The van der Waals surface area contributed by atoms with Gasteiger partial charge in [-0.3, -0.25) is 4.79 Å². The topological polar surface area (TPSA) is 73.9 Å². The van der Waals surface area contributed by atoms with Crippen LogP contribution in [0, 0.1) is 28.5 Å². The number of halogens is 2. The summed E-state index contributed by atoms with van der Waals surface area (Å²) in [4.78, 5) is 12.4. The standard InChI is InChI=1S/C18H12ClFN2O2/c1-24-17(23)15-16(22)11-7-6-10(19)8-13(11)18(15,9-21)12-4-2-3-5-14(12)20/h2-8,15,22H,1H3. The van der Waals surface area contributed by atoms with Crippen LogP contribution in [-0.4, -0.2) is 18.8 Å². The van der Waals surface area contributed by atoms with Crippen LogP contribution in [0.25, 0.3) is 0 Å². The van der Waals surface area contributed by atoms with E-state index in [1.807, 2.05) is 0 Å². The molecule has 2 aromatic rings. The van der Waals surface area contributed by atoms with Gasteiger partial charge in [0.15, 0.2) is 0 Å². The number of fused-ring (bicyclic) bond motifs is 1. The van der Waals surface area contributed by atoms with Crippen molar-refractivity contribution >= 4 is 23.3 Å². The summed E-state index contributed by atoms with van der Waals surface area (Å²) in [5.74, 6) is -2.66. The summed E-state index contributed by atoms with van der Waals surface area (Å²) in [6.45, 7) is 0. The highest BCUT2D eigenvalue weighted by Gasteiger charge is 2.57. The summed E-state index contributed by atoms with van der Waals surface area (Å²) >= 11 is 6.05. The fourth-order valence-electron chi connectivity index (χ4n) is 3.28. The number of methoxy groups -OCH3 is 1. The van der Waals surface area contributed by atoms with Crippen LogP contribution in [0.2, 0.25) is 5.02 Å². The van der Waals surface area contributed by atoms with Crippen LogP contribution in [0.3, 0.4) is 0 Å². The molecular formula is C18H12ClFN2O2. The van der Waals surface area contributed by atoms with Crippen molar-refractivity contribution in [1.82, 2.24) is 0 Å². The minimum atomic E-state index is -1.70. The third-order valence-electron chi connectivity index (χ3n) is 4.33. The number of carbonyl (C=O) groups is 1. The summed E-state index contributed by atoms with van der Waals surface area (Å²) in [5.41, 5.74) is -1.04. The average Bonchev–Trinajstić information content (AvgIpc) is 2.83. The summed E-state index contributed by atoms with van der Waals surface area (Å²) in [5, 5.41) is 18.7. The lowest BCUT2D eigenvalue weighted by Gasteiger charge is -2.28. The maximum Gasteiger partial charge on any atom is 0.317 e. The summed E-state index contributed by atoms with van der Waals surface area (Å²) in [6, 6.07) is 12.4. The Bertz CT molecular complexity index is 906. The van der Waals surface area contributed by atoms with Crippen molar-refractivity contribution in [1.29, 1.82) is 10.7 Å². The van der Waals surface area contributed by atoms with Crippen LogP contribution in [0.4, 0.5) is 4.39 Å². The highest BCUT2D eigenvalue weighted by atomic mass is 35.5. The molecule has 0 bridgehead atoms. The van der Waals surface area contributed by atoms with Gasteiger partial charge in [0, 0.05) is 16.1 Å². The van der Waals surface area contributed by atoms with Crippen molar-refractivity contribution in [3.63, 3.8) is 0 Å². The number of benzene rings is 2. The molecule has 0 amide bonds. The molecule has 0 saturated heterocycles. The first-order valence-corrected chi connectivity index (χ1v) is 7.48. The monoisotopic (exact) mass is 342 g/mol. The fraction of sp³-hybridized carbons (Fsp3) is 0.167. The second-order valence-corrected chi connectivity index (χ2v) is 5.90. The van der Waals surface area contributed by atoms with E-state index in [1.54, 1.807) is 18.2 Å². The molecule has 6 heteroatoms. The van der Waals surface area contributed by atoms with Crippen LogP contribution < -0.4 is 0 Å². The number of hydrogen-bond acceptors (Lipinski definition) is 4. The Hall–Kier alpha value is -2.71. The SMILES string of the molecule is COC(=O)C1C(=N)c2ccc(Cl)cc2C1(C#N)c1ccccc1F. The minimum absolute atomic E-state index is 0.0219. The highest BCUT2D eigenvalue weighted by Crippen LogP contribution is 2.49. The molecule has 1 N–H and O–H groups in total. The van der Waals surface area contributed by atoms with E-state index in [0.29, 0.717) is 16.1 Å². The second kappa shape index (κ2) is 5.73. The van der Waals surface area contributed by atoms with Crippen molar-refractivity contribution in [2.24, 2.45) is 5.92 Å². The fourth-order valence-corrected chi connectivity index (χ4v) is 3.46. The van der Waals surface area contributed by atoms with Crippen LogP contribution >= 0.6 is 11.6 Å². The van der Waals surface area contributed by atoms with Gasteiger partial charge < -0.3 is 10.1 Å². The number of ether oxygens (including phenoxy) is 1. The van der Waals surface area contributed by atoms with Gasteiger partial charge >= 0.3 is 5.97 Å². The number of nitrogens with zero attached hydrogens (tertiary/aromatic N) is 1. The van der Waals surface area contributed by atoms with E-state index in [2.05, 4.69) is 6.07 Å². The molecule has 2 aromatic carbocycles. The largest absolute Gasteiger partial charge is 0.468 e. The Labute approximate surface area is 142 Å². The third kappa shape index (κ3) is 2.04. The smallest absolute Gasteiger partial charge is 0.317 e. The normalized spacial score (nSPS) is 21.9. The molecule has 0 radical (unpaired) electrons. The lowest BCUT2D eigenvalue weighted by atomic mass is 9.70. The number of rotatable bonds is 2. The van der Waals surface area contributed by atoms with Crippen LogP contribution in [0.1, 0.15) is 16.7 Å². The van der Waals surface area contributed by atoms with Crippen molar-refractivity contribution in [2.75, 3.05) is 7.11 Å². The number of carbonyl (C=O) groups excluding carboxylic acids is 1. The molecular weight excluding hydrogens is 331 g/mol. The lowest BCUT2D eigenvalue weighted by molar-refractivity contribution is -0.143. The van der Waals surface area contributed by atoms with Gasteiger partial charge in [0.25, 0.3) is 0 Å². The van der Waals surface area contributed by atoms with Crippen LogP contribution in [0.5, 0.6) is 0 Å². The molecule has 0 fully saturated rings. The maximum absolute atomic E-state index is 14.5. The Kier molecular flexibility index (Phi) is 3.86. The van der Waals surface area contributed by atoms with E-state index in [4.69, 9.17) is 21.7 Å². The third-order valence-corrected chi connectivity index (χ3v) is 4.57. The predicted molar refractivity (Wildman–Crippen MR) is 86.6 cm³/mol. The molecule has 4 nitrogen and oxygen atoms in total. The van der Waals surface area contributed by atoms with E-state index in [0.717, 1.165) is 0 Å². The Balaban J connectivity index is 2.42. The molecule has 1 aliphatic carbocycles.